The molecule has 0 spiro atoms. The number of thiophene rings is 1. The molecule has 5 rings (SSSR count). The molecule has 6 nitrogen and oxygen atoms in total. The molecule has 3 aromatic heterocycles. The summed E-state index contributed by atoms with van der Waals surface area (Å²) in [5.41, 5.74) is 2.24. The lowest BCUT2D eigenvalue weighted by molar-refractivity contribution is 0.00200. The van der Waals surface area contributed by atoms with E-state index in [-0.39, 0.29) is 11.7 Å². The van der Waals surface area contributed by atoms with Gasteiger partial charge in [-0.3, -0.25) is 9.36 Å². The fraction of sp³-hybridized carbons (Fsp3) is 0.409. The molecule has 0 aliphatic carbocycles. The molecule has 8 heteroatoms. The van der Waals surface area contributed by atoms with Gasteiger partial charge in [0.25, 0.3) is 5.56 Å². The summed E-state index contributed by atoms with van der Waals surface area (Å²) in [5.74, 6) is 1.90. The van der Waals surface area contributed by atoms with Crippen LogP contribution in [0.1, 0.15) is 36.8 Å². The molecule has 0 bridgehead atoms. The molecule has 30 heavy (non-hydrogen) atoms. The van der Waals surface area contributed by atoms with Crippen LogP contribution in [0, 0.1) is 5.92 Å². The molecule has 0 radical (unpaired) electrons. The molecular formula is C22H24N4O2S2. The van der Waals surface area contributed by atoms with Gasteiger partial charge in [0.2, 0.25) is 5.78 Å². The van der Waals surface area contributed by atoms with E-state index in [2.05, 4.69) is 35.4 Å². The molecule has 156 valence electrons. The van der Waals surface area contributed by atoms with E-state index >= 15 is 0 Å². The normalized spacial score (nSPS) is 16.6. The van der Waals surface area contributed by atoms with Crippen molar-refractivity contribution in [3.05, 3.63) is 56.7 Å². The number of hydrogen-bond donors (Lipinski definition) is 0. The number of rotatable bonds is 5. The lowest BCUT2D eigenvalue weighted by Crippen LogP contribution is -2.28. The van der Waals surface area contributed by atoms with E-state index < -0.39 is 0 Å². The zero-order valence-corrected chi connectivity index (χ0v) is 18.9. The smallest absolute Gasteiger partial charge is 0.264 e. The van der Waals surface area contributed by atoms with Gasteiger partial charge in [0.05, 0.1) is 24.6 Å². The Balaban J connectivity index is 1.79. The second-order valence-corrected chi connectivity index (χ2v) is 10.2. The molecule has 4 heterocycles. The molecule has 1 atom stereocenters. The molecule has 0 saturated heterocycles. The Hall–Kier alpha value is -2.16. The number of benzene rings is 1. The van der Waals surface area contributed by atoms with E-state index in [9.17, 15) is 4.79 Å². The van der Waals surface area contributed by atoms with Gasteiger partial charge >= 0.3 is 0 Å². The van der Waals surface area contributed by atoms with E-state index in [0.29, 0.717) is 24.8 Å². The van der Waals surface area contributed by atoms with Gasteiger partial charge in [-0.2, -0.15) is 0 Å². The Labute approximate surface area is 182 Å². The van der Waals surface area contributed by atoms with Crippen LogP contribution in [0.4, 0.5) is 0 Å². The number of nitrogens with zero attached hydrogens (tertiary/aromatic N) is 4. The third-order valence-electron chi connectivity index (χ3n) is 5.63. The Morgan fingerprint density at radius 2 is 2.07 bits per heavy atom. The monoisotopic (exact) mass is 440 g/mol. The average molecular weight is 441 g/mol. The van der Waals surface area contributed by atoms with E-state index in [1.807, 2.05) is 30.3 Å². The van der Waals surface area contributed by atoms with Gasteiger partial charge in [0.15, 0.2) is 5.16 Å². The Bertz CT molecular complexity index is 1270. The largest absolute Gasteiger partial charge is 0.372 e. The summed E-state index contributed by atoms with van der Waals surface area (Å²) in [5, 5.41) is 10.5. The molecular weight excluding hydrogens is 416 g/mol. The van der Waals surface area contributed by atoms with Gasteiger partial charge in [0, 0.05) is 11.3 Å². The fourth-order valence-corrected chi connectivity index (χ4v) is 6.01. The van der Waals surface area contributed by atoms with Crippen molar-refractivity contribution < 1.29 is 4.74 Å². The third kappa shape index (κ3) is 3.18. The van der Waals surface area contributed by atoms with Gasteiger partial charge < -0.3 is 4.74 Å². The van der Waals surface area contributed by atoms with Gasteiger partial charge in [-0.1, -0.05) is 62.9 Å². The maximum atomic E-state index is 13.8. The predicted molar refractivity (Wildman–Crippen MR) is 122 cm³/mol. The first kappa shape index (κ1) is 19.8. The topological polar surface area (TPSA) is 61.4 Å². The maximum Gasteiger partial charge on any atom is 0.264 e. The van der Waals surface area contributed by atoms with Crippen LogP contribution in [0.2, 0.25) is 0 Å². The Morgan fingerprint density at radius 1 is 1.27 bits per heavy atom. The van der Waals surface area contributed by atoms with Crippen molar-refractivity contribution in [2.75, 3.05) is 5.75 Å². The standard InChI is InChI=1S/C22H24N4O2S2/c1-4-29-22-24-23-21-25(11-14-8-6-5-7-9-14)19(27)18-15-10-16(13(2)3)28-12-17(15)30-20(18)26(21)22/h5-9,13,16H,4,10-12H2,1-3H3/t16-/m1/s1. The quantitative estimate of drug-likeness (QED) is 0.432. The molecule has 0 N–H and O–H groups in total. The lowest BCUT2D eigenvalue weighted by Gasteiger charge is -2.26. The van der Waals surface area contributed by atoms with Crippen LogP contribution in [0.25, 0.3) is 16.0 Å². The zero-order chi connectivity index (χ0) is 20.8. The van der Waals surface area contributed by atoms with Crippen molar-refractivity contribution in [1.29, 1.82) is 0 Å². The second kappa shape index (κ2) is 7.83. The van der Waals surface area contributed by atoms with Gasteiger partial charge in [-0.15, -0.1) is 21.5 Å². The molecule has 0 fully saturated rings. The van der Waals surface area contributed by atoms with E-state index in [0.717, 1.165) is 43.6 Å². The first-order chi connectivity index (χ1) is 14.6. The van der Waals surface area contributed by atoms with Crippen molar-refractivity contribution in [2.24, 2.45) is 5.92 Å². The first-order valence-corrected chi connectivity index (χ1v) is 12.1. The lowest BCUT2D eigenvalue weighted by atomic mass is 9.96. The first-order valence-electron chi connectivity index (χ1n) is 10.3. The van der Waals surface area contributed by atoms with Gasteiger partial charge in [-0.05, 0) is 22.8 Å². The number of aromatic nitrogens is 4. The van der Waals surface area contributed by atoms with Crippen molar-refractivity contribution >= 4 is 39.1 Å². The van der Waals surface area contributed by atoms with Crippen molar-refractivity contribution in [3.8, 4) is 0 Å². The predicted octanol–water partition coefficient (Wildman–Crippen LogP) is 4.36. The molecule has 0 unspecified atom stereocenters. The summed E-state index contributed by atoms with van der Waals surface area (Å²) in [6.45, 7) is 7.49. The second-order valence-electron chi connectivity index (χ2n) is 7.91. The highest BCUT2D eigenvalue weighted by Gasteiger charge is 2.29. The van der Waals surface area contributed by atoms with E-state index in [1.165, 1.54) is 0 Å². The minimum Gasteiger partial charge on any atom is -0.372 e. The molecule has 1 aliphatic rings. The molecule has 1 aliphatic heterocycles. The van der Waals surface area contributed by atoms with Crippen LogP contribution in [-0.2, 0) is 24.3 Å². The third-order valence-corrected chi connectivity index (χ3v) is 7.63. The van der Waals surface area contributed by atoms with Crippen LogP contribution in [0.3, 0.4) is 0 Å². The van der Waals surface area contributed by atoms with Gasteiger partial charge in [0.1, 0.15) is 4.83 Å². The van der Waals surface area contributed by atoms with Crippen molar-refractivity contribution in [3.63, 3.8) is 0 Å². The number of ether oxygens (including phenoxy) is 1. The Kier molecular flexibility index (Phi) is 5.16. The number of fused-ring (bicyclic) bond motifs is 5. The summed E-state index contributed by atoms with van der Waals surface area (Å²) in [6, 6.07) is 10.1. The molecule has 0 saturated carbocycles. The summed E-state index contributed by atoms with van der Waals surface area (Å²) < 4.78 is 9.93. The van der Waals surface area contributed by atoms with Crippen molar-refractivity contribution in [1.82, 2.24) is 19.2 Å². The Morgan fingerprint density at radius 3 is 2.80 bits per heavy atom. The van der Waals surface area contributed by atoms with Crippen LogP contribution in [0.15, 0.2) is 40.3 Å². The highest BCUT2D eigenvalue weighted by atomic mass is 32.2. The zero-order valence-electron chi connectivity index (χ0n) is 17.3. The van der Waals surface area contributed by atoms with Crippen LogP contribution >= 0.6 is 23.1 Å². The highest BCUT2D eigenvalue weighted by molar-refractivity contribution is 7.99. The number of hydrogen-bond acceptors (Lipinski definition) is 6. The minimum absolute atomic E-state index is 0.0173. The van der Waals surface area contributed by atoms with Gasteiger partial charge in [-0.25, -0.2) is 4.40 Å². The summed E-state index contributed by atoms with van der Waals surface area (Å²) in [7, 11) is 0. The van der Waals surface area contributed by atoms with Crippen molar-refractivity contribution in [2.45, 2.75) is 51.6 Å². The van der Waals surface area contributed by atoms with Crippen LogP contribution < -0.4 is 5.56 Å². The SMILES string of the molecule is CCSc1nnc2n(Cc3ccccc3)c(=O)c3c4c(sc3n12)CO[C@@H](C(C)C)C4. The average Bonchev–Trinajstić information content (AvgIpc) is 3.33. The minimum atomic E-state index is 0.0173. The number of thioether (sulfide) groups is 1. The summed E-state index contributed by atoms with van der Waals surface area (Å²) in [4.78, 5) is 15.9. The van der Waals surface area contributed by atoms with Crippen LogP contribution in [-0.4, -0.2) is 31.0 Å². The van der Waals surface area contributed by atoms with E-state index in [1.54, 1.807) is 27.7 Å². The molecule has 0 amide bonds. The summed E-state index contributed by atoms with van der Waals surface area (Å²) >= 11 is 3.30. The molecule has 1 aromatic carbocycles. The van der Waals surface area contributed by atoms with E-state index in [4.69, 9.17) is 4.74 Å². The maximum absolute atomic E-state index is 13.8. The molecule has 4 aromatic rings. The summed E-state index contributed by atoms with van der Waals surface area (Å²) in [6.07, 6.45) is 0.913. The fourth-order valence-electron chi connectivity index (χ4n) is 4.05. The highest BCUT2D eigenvalue weighted by Crippen LogP contribution is 2.37. The van der Waals surface area contributed by atoms with Crippen LogP contribution in [0.5, 0.6) is 0 Å².